The van der Waals surface area contributed by atoms with E-state index in [1.54, 1.807) is 0 Å². The average molecular weight is 250 g/mol. The summed E-state index contributed by atoms with van der Waals surface area (Å²) in [5.74, 6) is 2.09. The van der Waals surface area contributed by atoms with Crippen LogP contribution in [0, 0.1) is 5.92 Å². The van der Waals surface area contributed by atoms with E-state index in [0.29, 0.717) is 11.7 Å². The first kappa shape index (κ1) is 13.1. The quantitative estimate of drug-likeness (QED) is 0.821. The molecule has 0 spiro atoms. The van der Waals surface area contributed by atoms with Gasteiger partial charge in [0.1, 0.15) is 18.0 Å². The third kappa shape index (κ3) is 2.72. The maximum Gasteiger partial charge on any atom is 0.137 e. The van der Waals surface area contributed by atoms with Crippen molar-refractivity contribution in [3.63, 3.8) is 0 Å². The Morgan fingerprint density at radius 2 is 2.17 bits per heavy atom. The molecule has 0 atom stereocenters. The zero-order valence-corrected chi connectivity index (χ0v) is 11.1. The Labute approximate surface area is 108 Å². The van der Waals surface area contributed by atoms with Gasteiger partial charge in [-0.05, 0) is 25.2 Å². The molecular formula is C13H22N4O. The molecule has 1 fully saturated rings. The van der Waals surface area contributed by atoms with Crippen LogP contribution in [0.2, 0.25) is 0 Å². The molecule has 0 aromatic carbocycles. The highest BCUT2D eigenvalue weighted by Gasteiger charge is 2.28. The number of hydrogen-bond acceptors (Lipinski definition) is 5. The lowest BCUT2D eigenvalue weighted by molar-refractivity contribution is 0.0464. The molecule has 0 aliphatic heterocycles. The minimum Gasteiger partial charge on any atom is -0.393 e. The molecule has 1 heterocycles. The first-order valence-corrected chi connectivity index (χ1v) is 6.60. The maximum atomic E-state index is 9.32. The molecule has 1 saturated carbocycles. The molecule has 0 bridgehead atoms. The summed E-state index contributed by atoms with van der Waals surface area (Å²) in [7, 11) is 2.03. The number of nitrogens with zero attached hydrogens (tertiary/aromatic N) is 3. The topological polar surface area (TPSA) is 75.3 Å². The summed E-state index contributed by atoms with van der Waals surface area (Å²) in [5, 5.41) is 9.32. The van der Waals surface area contributed by atoms with Crippen LogP contribution in [0.1, 0.15) is 31.7 Å². The summed E-state index contributed by atoms with van der Waals surface area (Å²) in [5.41, 5.74) is 6.97. The summed E-state index contributed by atoms with van der Waals surface area (Å²) in [6.45, 7) is 3.04. The normalized spacial score (nSPS) is 22.6. The fraction of sp³-hybridized carbons (Fsp3) is 0.692. The van der Waals surface area contributed by atoms with Crippen molar-refractivity contribution in [2.75, 3.05) is 24.2 Å². The van der Waals surface area contributed by atoms with E-state index in [2.05, 4.69) is 21.8 Å². The van der Waals surface area contributed by atoms with Crippen molar-refractivity contribution in [1.29, 1.82) is 0 Å². The van der Waals surface area contributed by atoms with E-state index in [4.69, 9.17) is 5.73 Å². The molecule has 18 heavy (non-hydrogen) atoms. The highest BCUT2D eigenvalue weighted by atomic mass is 16.3. The smallest absolute Gasteiger partial charge is 0.137 e. The highest BCUT2D eigenvalue weighted by Crippen LogP contribution is 2.30. The van der Waals surface area contributed by atoms with E-state index < -0.39 is 0 Å². The van der Waals surface area contributed by atoms with E-state index >= 15 is 0 Å². The van der Waals surface area contributed by atoms with Crippen LogP contribution in [0.3, 0.4) is 0 Å². The molecular weight excluding hydrogens is 228 g/mol. The van der Waals surface area contributed by atoms with Crippen LogP contribution in [0.15, 0.2) is 6.33 Å². The molecule has 2 rings (SSSR count). The summed E-state index contributed by atoms with van der Waals surface area (Å²) in [6, 6.07) is 0. The molecule has 1 aliphatic rings. The number of aliphatic hydroxyl groups excluding tert-OH is 1. The summed E-state index contributed by atoms with van der Waals surface area (Å²) in [4.78, 5) is 10.6. The maximum absolute atomic E-state index is 9.32. The van der Waals surface area contributed by atoms with Crippen molar-refractivity contribution in [2.45, 2.75) is 38.7 Å². The first-order valence-electron chi connectivity index (χ1n) is 6.60. The van der Waals surface area contributed by atoms with Gasteiger partial charge in [0.25, 0.3) is 0 Å². The highest BCUT2D eigenvalue weighted by molar-refractivity contribution is 5.56. The Morgan fingerprint density at radius 3 is 2.78 bits per heavy atom. The molecule has 1 aromatic heterocycles. The number of rotatable bonds is 5. The van der Waals surface area contributed by atoms with Crippen LogP contribution in [0.4, 0.5) is 11.6 Å². The van der Waals surface area contributed by atoms with Gasteiger partial charge >= 0.3 is 0 Å². The summed E-state index contributed by atoms with van der Waals surface area (Å²) < 4.78 is 0. The van der Waals surface area contributed by atoms with E-state index in [1.807, 2.05) is 7.05 Å². The Bertz CT molecular complexity index is 404. The van der Waals surface area contributed by atoms with E-state index in [1.165, 1.54) is 6.33 Å². The molecule has 0 unspecified atom stereocenters. The van der Waals surface area contributed by atoms with Gasteiger partial charge in [-0.15, -0.1) is 0 Å². The second kappa shape index (κ2) is 5.52. The number of nitrogen functional groups attached to an aromatic ring is 1. The van der Waals surface area contributed by atoms with E-state index in [-0.39, 0.29) is 6.10 Å². The zero-order valence-electron chi connectivity index (χ0n) is 11.1. The van der Waals surface area contributed by atoms with Crippen molar-refractivity contribution < 1.29 is 5.11 Å². The van der Waals surface area contributed by atoms with Gasteiger partial charge in [-0.2, -0.15) is 0 Å². The molecule has 5 nitrogen and oxygen atoms in total. The van der Waals surface area contributed by atoms with Gasteiger partial charge in [-0.25, -0.2) is 9.97 Å². The zero-order chi connectivity index (χ0) is 13.1. The molecule has 1 aliphatic carbocycles. The predicted molar refractivity (Wildman–Crippen MR) is 72.4 cm³/mol. The van der Waals surface area contributed by atoms with Crippen molar-refractivity contribution in [3.05, 3.63) is 11.9 Å². The van der Waals surface area contributed by atoms with Crippen LogP contribution in [-0.2, 0) is 6.42 Å². The Morgan fingerprint density at radius 1 is 1.44 bits per heavy atom. The third-order valence-electron chi connectivity index (χ3n) is 3.56. The minimum atomic E-state index is -0.103. The molecule has 100 valence electrons. The van der Waals surface area contributed by atoms with Crippen LogP contribution < -0.4 is 10.6 Å². The second-order valence-electron chi connectivity index (χ2n) is 5.18. The number of nitrogens with two attached hydrogens (primary N) is 1. The van der Waals surface area contributed by atoms with E-state index in [9.17, 15) is 5.11 Å². The van der Waals surface area contributed by atoms with Crippen molar-refractivity contribution in [1.82, 2.24) is 9.97 Å². The lowest BCUT2D eigenvalue weighted by Gasteiger charge is -2.35. The number of anilines is 2. The number of hydrogen-bond donors (Lipinski definition) is 2. The number of aliphatic hydroxyl groups is 1. The Balaban J connectivity index is 2.08. The predicted octanol–water partition coefficient (Wildman–Crippen LogP) is 1.22. The van der Waals surface area contributed by atoms with Gasteiger partial charge in [0, 0.05) is 19.2 Å². The van der Waals surface area contributed by atoms with Crippen molar-refractivity contribution >= 4 is 11.6 Å². The molecule has 0 amide bonds. The fourth-order valence-corrected chi connectivity index (χ4v) is 2.56. The van der Waals surface area contributed by atoms with Gasteiger partial charge in [-0.1, -0.05) is 13.3 Å². The minimum absolute atomic E-state index is 0.103. The average Bonchev–Trinajstić information content (AvgIpc) is 2.30. The molecule has 0 saturated heterocycles. The Hall–Kier alpha value is -1.36. The lowest BCUT2D eigenvalue weighted by Crippen LogP contribution is -2.37. The molecule has 1 aromatic rings. The standard InChI is InChI=1S/C13H22N4O/c1-3-4-11-12(14)15-8-16-13(11)17(2)7-9-5-10(18)6-9/h8-10,18H,3-7H2,1-2H3,(H2,14,15,16). The van der Waals surface area contributed by atoms with Crippen molar-refractivity contribution in [3.8, 4) is 0 Å². The lowest BCUT2D eigenvalue weighted by atomic mass is 9.82. The van der Waals surface area contributed by atoms with Gasteiger partial charge < -0.3 is 15.7 Å². The van der Waals surface area contributed by atoms with E-state index in [0.717, 1.165) is 43.6 Å². The van der Waals surface area contributed by atoms with Gasteiger partial charge in [0.15, 0.2) is 0 Å². The summed E-state index contributed by atoms with van der Waals surface area (Å²) >= 11 is 0. The largest absolute Gasteiger partial charge is 0.393 e. The Kier molecular flexibility index (Phi) is 4.01. The second-order valence-corrected chi connectivity index (χ2v) is 5.18. The number of aromatic nitrogens is 2. The SMILES string of the molecule is CCCc1c(N)ncnc1N(C)CC1CC(O)C1. The van der Waals surface area contributed by atoms with Gasteiger partial charge in [0.2, 0.25) is 0 Å². The first-order chi connectivity index (χ1) is 8.61. The monoisotopic (exact) mass is 250 g/mol. The van der Waals surface area contributed by atoms with Crippen LogP contribution in [0.25, 0.3) is 0 Å². The van der Waals surface area contributed by atoms with Crippen LogP contribution in [0.5, 0.6) is 0 Å². The third-order valence-corrected chi connectivity index (χ3v) is 3.56. The summed E-state index contributed by atoms with van der Waals surface area (Å²) in [6.07, 6.45) is 5.15. The fourth-order valence-electron chi connectivity index (χ4n) is 2.56. The van der Waals surface area contributed by atoms with Crippen LogP contribution >= 0.6 is 0 Å². The van der Waals surface area contributed by atoms with Crippen molar-refractivity contribution in [2.24, 2.45) is 5.92 Å². The molecule has 5 heteroatoms. The molecule has 0 radical (unpaired) electrons. The van der Waals surface area contributed by atoms with Gasteiger partial charge in [-0.3, -0.25) is 0 Å². The van der Waals surface area contributed by atoms with Gasteiger partial charge in [0.05, 0.1) is 6.10 Å². The van der Waals surface area contributed by atoms with Crippen LogP contribution in [-0.4, -0.2) is 34.8 Å². The molecule has 3 N–H and O–H groups in total.